The summed E-state index contributed by atoms with van der Waals surface area (Å²) in [5, 5.41) is 0.861. The molecule has 0 aliphatic rings. The molecule has 0 N–H and O–H groups in total. The predicted molar refractivity (Wildman–Crippen MR) is 75.1 cm³/mol. The van der Waals surface area contributed by atoms with Gasteiger partial charge in [0.25, 0.3) is 0 Å². The third kappa shape index (κ3) is 7.76. The maximum atomic E-state index is 5.49. The van der Waals surface area contributed by atoms with Crippen molar-refractivity contribution in [1.82, 2.24) is 0 Å². The van der Waals surface area contributed by atoms with Crippen molar-refractivity contribution in [2.75, 3.05) is 38.4 Å². The van der Waals surface area contributed by atoms with Crippen molar-refractivity contribution in [2.24, 2.45) is 0 Å². The fraction of sp³-hybridized carbons (Fsp3) is 0.500. The van der Waals surface area contributed by atoms with Gasteiger partial charge in [0, 0.05) is 9.80 Å². The van der Waals surface area contributed by atoms with Crippen LogP contribution < -0.4 is 4.74 Å². The van der Waals surface area contributed by atoms with Crippen LogP contribution in [-0.4, -0.2) is 38.4 Å². The highest BCUT2D eigenvalue weighted by atomic mass is 79.9. The molecule has 5 heteroatoms. The maximum Gasteiger partial charge on any atom is 0.119 e. The summed E-state index contributed by atoms with van der Waals surface area (Å²) >= 11 is 6.66. The Morgan fingerprint density at radius 3 is 2.06 bits per heavy atom. The lowest BCUT2D eigenvalue weighted by Gasteiger charge is -2.07. The number of halogens is 2. The van der Waals surface area contributed by atoms with Crippen LogP contribution in [0, 0.1) is 0 Å². The normalized spacial score (nSPS) is 10.5. The molecule has 0 amide bonds. The number of hydrogen-bond acceptors (Lipinski definition) is 3. The topological polar surface area (TPSA) is 27.7 Å². The average molecular weight is 368 g/mol. The van der Waals surface area contributed by atoms with E-state index in [0.717, 1.165) is 22.2 Å². The first-order valence-electron chi connectivity index (χ1n) is 5.43. The van der Waals surface area contributed by atoms with Gasteiger partial charge in [0.2, 0.25) is 0 Å². The molecule has 1 aromatic rings. The molecule has 1 aromatic carbocycles. The molecule has 1 rings (SSSR count). The van der Waals surface area contributed by atoms with Crippen LogP contribution in [0.25, 0.3) is 0 Å². The fourth-order valence-corrected chi connectivity index (χ4v) is 1.62. The van der Waals surface area contributed by atoms with Gasteiger partial charge in [-0.05, 0) is 24.3 Å². The molecular weight excluding hydrogens is 352 g/mol. The zero-order valence-electron chi connectivity index (χ0n) is 9.53. The van der Waals surface area contributed by atoms with E-state index >= 15 is 0 Å². The molecule has 0 bridgehead atoms. The Hall–Kier alpha value is -0.100. The molecule has 0 heterocycles. The minimum atomic E-state index is 0.556. The lowest BCUT2D eigenvalue weighted by molar-refractivity contribution is 0.0414. The van der Waals surface area contributed by atoms with Crippen molar-refractivity contribution in [2.45, 2.75) is 0 Å². The fourth-order valence-electron chi connectivity index (χ4n) is 1.13. The van der Waals surface area contributed by atoms with E-state index in [1.165, 1.54) is 0 Å². The van der Waals surface area contributed by atoms with Crippen molar-refractivity contribution >= 4 is 31.9 Å². The van der Waals surface area contributed by atoms with E-state index in [4.69, 9.17) is 14.2 Å². The molecule has 0 saturated carbocycles. The predicted octanol–water partition coefficient (Wildman–Crippen LogP) is 3.26. The third-order valence-corrected chi connectivity index (χ3v) is 2.76. The molecule has 0 saturated heterocycles. The molecule has 0 atom stereocenters. The minimum absolute atomic E-state index is 0.556. The van der Waals surface area contributed by atoms with Crippen LogP contribution in [0.15, 0.2) is 28.7 Å². The lowest BCUT2D eigenvalue weighted by atomic mass is 10.3. The van der Waals surface area contributed by atoms with Crippen LogP contribution in [0.1, 0.15) is 0 Å². The lowest BCUT2D eigenvalue weighted by Crippen LogP contribution is -2.11. The molecule has 0 fully saturated rings. The quantitative estimate of drug-likeness (QED) is 0.495. The summed E-state index contributed by atoms with van der Waals surface area (Å²) in [5.74, 6) is 0.854. The SMILES string of the molecule is BrCCOCCOCCOc1ccc(Br)cc1. The van der Waals surface area contributed by atoms with Crippen molar-refractivity contribution in [3.63, 3.8) is 0 Å². The Morgan fingerprint density at radius 1 is 0.824 bits per heavy atom. The molecule has 0 spiro atoms. The van der Waals surface area contributed by atoms with Crippen molar-refractivity contribution in [3.05, 3.63) is 28.7 Å². The van der Waals surface area contributed by atoms with E-state index < -0.39 is 0 Å². The standard InChI is InChI=1S/C12H16Br2O3/c13-5-6-15-7-8-16-9-10-17-12-3-1-11(14)2-4-12/h1-4H,5-10H2. The highest BCUT2D eigenvalue weighted by molar-refractivity contribution is 9.10. The molecule has 0 unspecified atom stereocenters. The maximum absolute atomic E-state index is 5.49. The first kappa shape index (κ1) is 15.0. The average Bonchev–Trinajstić information content (AvgIpc) is 2.35. The van der Waals surface area contributed by atoms with Gasteiger partial charge < -0.3 is 14.2 Å². The van der Waals surface area contributed by atoms with Crippen LogP contribution in [0.2, 0.25) is 0 Å². The van der Waals surface area contributed by atoms with Crippen molar-refractivity contribution < 1.29 is 14.2 Å². The second kappa shape index (κ2) is 9.88. The molecular formula is C12H16Br2O3. The van der Waals surface area contributed by atoms with E-state index in [1.807, 2.05) is 24.3 Å². The van der Waals surface area contributed by atoms with Gasteiger partial charge in [0.05, 0.1) is 26.4 Å². The second-order valence-electron chi connectivity index (χ2n) is 3.22. The summed E-state index contributed by atoms with van der Waals surface area (Å²) in [7, 11) is 0. The summed E-state index contributed by atoms with van der Waals surface area (Å²) in [6.07, 6.45) is 0. The molecule has 0 aromatic heterocycles. The first-order valence-corrected chi connectivity index (χ1v) is 7.34. The zero-order valence-corrected chi connectivity index (χ0v) is 12.7. The number of benzene rings is 1. The Labute approximate surface area is 119 Å². The summed E-state index contributed by atoms with van der Waals surface area (Å²) in [6, 6.07) is 7.74. The van der Waals surface area contributed by atoms with E-state index in [-0.39, 0.29) is 0 Å². The van der Waals surface area contributed by atoms with Crippen LogP contribution in [0.4, 0.5) is 0 Å². The van der Waals surface area contributed by atoms with Gasteiger partial charge in [-0.15, -0.1) is 0 Å². The monoisotopic (exact) mass is 366 g/mol. The van der Waals surface area contributed by atoms with Crippen LogP contribution in [-0.2, 0) is 9.47 Å². The Morgan fingerprint density at radius 2 is 1.41 bits per heavy atom. The number of alkyl halides is 1. The van der Waals surface area contributed by atoms with Gasteiger partial charge in [-0.25, -0.2) is 0 Å². The minimum Gasteiger partial charge on any atom is -0.491 e. The Balaban J connectivity index is 1.95. The highest BCUT2D eigenvalue weighted by Crippen LogP contribution is 2.15. The van der Waals surface area contributed by atoms with Crippen LogP contribution in [0.3, 0.4) is 0 Å². The summed E-state index contributed by atoms with van der Waals surface area (Å²) in [6.45, 7) is 3.09. The smallest absolute Gasteiger partial charge is 0.119 e. The van der Waals surface area contributed by atoms with E-state index in [2.05, 4.69) is 31.9 Å². The number of ether oxygens (including phenoxy) is 3. The van der Waals surface area contributed by atoms with E-state index in [0.29, 0.717) is 26.4 Å². The highest BCUT2D eigenvalue weighted by Gasteiger charge is 1.94. The number of hydrogen-bond donors (Lipinski definition) is 0. The first-order chi connectivity index (χ1) is 8.33. The van der Waals surface area contributed by atoms with Crippen molar-refractivity contribution in [3.8, 4) is 5.75 Å². The van der Waals surface area contributed by atoms with Gasteiger partial charge >= 0.3 is 0 Å². The van der Waals surface area contributed by atoms with E-state index in [9.17, 15) is 0 Å². The molecule has 0 aliphatic carbocycles. The zero-order chi connectivity index (χ0) is 12.3. The van der Waals surface area contributed by atoms with Gasteiger partial charge in [0.1, 0.15) is 12.4 Å². The molecule has 0 aliphatic heterocycles. The summed E-state index contributed by atoms with van der Waals surface area (Å²) in [4.78, 5) is 0. The van der Waals surface area contributed by atoms with Gasteiger partial charge in [-0.3, -0.25) is 0 Å². The summed E-state index contributed by atoms with van der Waals surface area (Å²) < 4.78 is 17.1. The Kier molecular flexibility index (Phi) is 8.70. The van der Waals surface area contributed by atoms with Crippen molar-refractivity contribution in [1.29, 1.82) is 0 Å². The van der Waals surface area contributed by atoms with Crippen LogP contribution >= 0.6 is 31.9 Å². The second-order valence-corrected chi connectivity index (χ2v) is 4.92. The Bertz CT molecular complexity index is 290. The summed E-state index contributed by atoms with van der Waals surface area (Å²) in [5.41, 5.74) is 0. The molecule has 96 valence electrons. The number of rotatable bonds is 9. The van der Waals surface area contributed by atoms with E-state index in [1.54, 1.807) is 0 Å². The van der Waals surface area contributed by atoms with Crippen LogP contribution in [0.5, 0.6) is 5.75 Å². The van der Waals surface area contributed by atoms with Gasteiger partial charge in [0.15, 0.2) is 0 Å². The third-order valence-electron chi connectivity index (χ3n) is 1.90. The van der Waals surface area contributed by atoms with Gasteiger partial charge in [-0.2, -0.15) is 0 Å². The van der Waals surface area contributed by atoms with Gasteiger partial charge in [-0.1, -0.05) is 31.9 Å². The molecule has 17 heavy (non-hydrogen) atoms. The largest absolute Gasteiger partial charge is 0.491 e. The molecule has 0 radical (unpaired) electrons. The molecule has 3 nitrogen and oxygen atoms in total.